The number of carbonyl (C=O) groups excluding carboxylic acids is 1. The Morgan fingerprint density at radius 3 is 2.67 bits per heavy atom. The minimum atomic E-state index is -0.780. The molecule has 2 rings (SSSR count). The summed E-state index contributed by atoms with van der Waals surface area (Å²) in [6, 6.07) is 6.90. The van der Waals surface area contributed by atoms with Gasteiger partial charge in [0.15, 0.2) is 0 Å². The number of nitrogens with two attached hydrogens (primary N) is 1. The summed E-state index contributed by atoms with van der Waals surface area (Å²) in [6.07, 6.45) is -0.780. The molecule has 21 heavy (non-hydrogen) atoms. The van der Waals surface area contributed by atoms with Gasteiger partial charge in [-0.1, -0.05) is 30.5 Å². The molecular weight excluding hydrogens is 288 g/mol. The third-order valence-electron chi connectivity index (χ3n) is 3.04. The Morgan fingerprint density at radius 2 is 2.05 bits per heavy atom. The molecule has 0 aliphatic rings. The molecule has 0 aliphatic heterocycles. The summed E-state index contributed by atoms with van der Waals surface area (Å²) in [5.74, 6) is -0.130. The van der Waals surface area contributed by atoms with E-state index < -0.39 is 6.10 Å². The van der Waals surface area contributed by atoms with Crippen LogP contribution in [-0.4, -0.2) is 27.1 Å². The van der Waals surface area contributed by atoms with Crippen LogP contribution < -0.4 is 11.1 Å². The second-order valence-electron chi connectivity index (χ2n) is 5.03. The van der Waals surface area contributed by atoms with E-state index >= 15 is 0 Å². The Morgan fingerprint density at radius 1 is 1.38 bits per heavy atom. The van der Waals surface area contributed by atoms with Gasteiger partial charge in [-0.15, -0.1) is 5.10 Å². The van der Waals surface area contributed by atoms with Crippen molar-refractivity contribution in [3.05, 3.63) is 40.4 Å². The Kier molecular flexibility index (Phi) is 4.87. The zero-order chi connectivity index (χ0) is 15.4. The van der Waals surface area contributed by atoms with Crippen molar-refractivity contribution in [2.75, 3.05) is 12.3 Å². The Balaban J connectivity index is 1.97. The van der Waals surface area contributed by atoms with Crippen molar-refractivity contribution in [3.8, 4) is 0 Å². The second-order valence-corrected chi connectivity index (χ2v) is 5.79. The number of nitrogens with zero attached hydrogens (tertiary/aromatic N) is 2. The van der Waals surface area contributed by atoms with Gasteiger partial charge in [-0.3, -0.25) is 4.79 Å². The molecule has 4 N–H and O–H groups in total. The Labute approximate surface area is 127 Å². The topological polar surface area (TPSA) is 101 Å². The smallest absolute Gasteiger partial charge is 0.265 e. The molecule has 0 fully saturated rings. The van der Waals surface area contributed by atoms with E-state index in [2.05, 4.69) is 14.9 Å². The van der Waals surface area contributed by atoms with Gasteiger partial charge < -0.3 is 16.2 Å². The van der Waals surface area contributed by atoms with E-state index in [1.807, 2.05) is 13.8 Å². The van der Waals surface area contributed by atoms with Crippen LogP contribution in [0.1, 0.15) is 46.8 Å². The molecule has 0 saturated heterocycles. The van der Waals surface area contributed by atoms with Crippen molar-refractivity contribution in [2.24, 2.45) is 0 Å². The number of amides is 1. The highest BCUT2D eigenvalue weighted by Gasteiger charge is 2.19. The molecule has 1 unspecified atom stereocenters. The number of carbonyl (C=O) groups is 1. The normalized spacial score (nSPS) is 12.4. The summed E-state index contributed by atoms with van der Waals surface area (Å²) >= 11 is 1.06. The van der Waals surface area contributed by atoms with Crippen molar-refractivity contribution >= 4 is 23.1 Å². The van der Waals surface area contributed by atoms with Crippen molar-refractivity contribution in [1.29, 1.82) is 0 Å². The largest absolute Gasteiger partial charge is 0.399 e. The molecule has 6 nitrogen and oxygen atoms in total. The van der Waals surface area contributed by atoms with Crippen LogP contribution in [0.2, 0.25) is 0 Å². The molecule has 0 aliphatic carbocycles. The molecular formula is C14H18N4O2S. The SMILES string of the molecule is CC(C)c1nnsc1C(=O)NCC(O)c1ccc(N)cc1. The number of hydrogen-bond acceptors (Lipinski definition) is 6. The van der Waals surface area contributed by atoms with Crippen LogP contribution in [0.25, 0.3) is 0 Å². The van der Waals surface area contributed by atoms with Crippen molar-refractivity contribution in [3.63, 3.8) is 0 Å². The van der Waals surface area contributed by atoms with Crippen LogP contribution in [-0.2, 0) is 0 Å². The van der Waals surface area contributed by atoms with E-state index in [-0.39, 0.29) is 18.4 Å². The summed E-state index contributed by atoms with van der Waals surface area (Å²) < 4.78 is 3.81. The highest BCUT2D eigenvalue weighted by atomic mass is 32.1. The summed E-state index contributed by atoms with van der Waals surface area (Å²) in [4.78, 5) is 12.6. The third kappa shape index (κ3) is 3.77. The quantitative estimate of drug-likeness (QED) is 0.730. The maximum Gasteiger partial charge on any atom is 0.265 e. The van der Waals surface area contributed by atoms with Crippen LogP contribution in [0.4, 0.5) is 5.69 Å². The number of aliphatic hydroxyl groups excluding tert-OH is 1. The molecule has 1 amide bonds. The van der Waals surface area contributed by atoms with Crippen LogP contribution >= 0.6 is 11.5 Å². The van der Waals surface area contributed by atoms with Gasteiger partial charge in [-0.2, -0.15) is 0 Å². The van der Waals surface area contributed by atoms with Crippen LogP contribution in [0.5, 0.6) is 0 Å². The Hall–Kier alpha value is -1.99. The highest BCUT2D eigenvalue weighted by Crippen LogP contribution is 2.20. The lowest BCUT2D eigenvalue weighted by Crippen LogP contribution is -2.28. The van der Waals surface area contributed by atoms with Gasteiger partial charge in [0.1, 0.15) is 4.88 Å². The van der Waals surface area contributed by atoms with Crippen molar-refractivity contribution in [2.45, 2.75) is 25.9 Å². The average Bonchev–Trinajstić information content (AvgIpc) is 2.95. The molecule has 0 saturated carbocycles. The lowest BCUT2D eigenvalue weighted by atomic mass is 10.1. The van der Waals surface area contributed by atoms with Gasteiger partial charge in [-0.25, -0.2) is 0 Å². The first kappa shape index (κ1) is 15.4. The van der Waals surface area contributed by atoms with Gasteiger partial charge in [0.25, 0.3) is 5.91 Å². The van der Waals surface area contributed by atoms with Gasteiger partial charge >= 0.3 is 0 Å². The maximum absolute atomic E-state index is 12.1. The van der Waals surface area contributed by atoms with Gasteiger partial charge in [0, 0.05) is 12.2 Å². The first-order chi connectivity index (χ1) is 9.99. The standard InChI is InChI=1S/C14H18N4O2S/c1-8(2)12-13(21-18-17-12)14(20)16-7-11(19)9-3-5-10(15)6-4-9/h3-6,8,11,19H,7,15H2,1-2H3,(H,16,20). The molecule has 1 aromatic carbocycles. The summed E-state index contributed by atoms with van der Waals surface area (Å²) in [6.45, 7) is 4.03. The van der Waals surface area contributed by atoms with Crippen LogP contribution in [0, 0.1) is 0 Å². The third-order valence-corrected chi connectivity index (χ3v) is 3.78. The fourth-order valence-corrected chi connectivity index (χ4v) is 2.57. The summed E-state index contributed by atoms with van der Waals surface area (Å²) in [5, 5.41) is 16.7. The second kappa shape index (κ2) is 6.64. The number of aromatic nitrogens is 2. The number of nitrogen functional groups attached to an aromatic ring is 1. The molecule has 1 aromatic heterocycles. The lowest BCUT2D eigenvalue weighted by Gasteiger charge is -2.12. The number of nitrogens with one attached hydrogen (secondary N) is 1. The van der Waals surface area contributed by atoms with E-state index in [1.165, 1.54) is 0 Å². The monoisotopic (exact) mass is 306 g/mol. The molecule has 1 atom stereocenters. The summed E-state index contributed by atoms with van der Waals surface area (Å²) in [7, 11) is 0. The summed E-state index contributed by atoms with van der Waals surface area (Å²) in [5.41, 5.74) is 7.61. The fraction of sp³-hybridized carbons (Fsp3) is 0.357. The Bertz CT molecular complexity index is 610. The number of rotatable bonds is 5. The molecule has 2 aromatic rings. The van der Waals surface area contributed by atoms with E-state index in [1.54, 1.807) is 24.3 Å². The van der Waals surface area contributed by atoms with E-state index in [0.29, 0.717) is 21.8 Å². The minimum Gasteiger partial charge on any atom is -0.399 e. The highest BCUT2D eigenvalue weighted by molar-refractivity contribution is 7.08. The number of hydrogen-bond donors (Lipinski definition) is 3. The van der Waals surface area contributed by atoms with Gasteiger partial charge in [0.2, 0.25) is 0 Å². The molecule has 0 radical (unpaired) electrons. The van der Waals surface area contributed by atoms with Crippen molar-refractivity contribution in [1.82, 2.24) is 14.9 Å². The average molecular weight is 306 g/mol. The zero-order valence-corrected chi connectivity index (χ0v) is 12.7. The number of anilines is 1. The molecule has 0 spiro atoms. The molecule has 7 heteroatoms. The van der Waals surface area contributed by atoms with E-state index in [4.69, 9.17) is 5.73 Å². The van der Waals surface area contributed by atoms with Crippen LogP contribution in [0.3, 0.4) is 0 Å². The van der Waals surface area contributed by atoms with E-state index in [0.717, 1.165) is 11.5 Å². The van der Waals surface area contributed by atoms with Gasteiger partial charge in [0.05, 0.1) is 11.8 Å². The first-order valence-electron chi connectivity index (χ1n) is 6.63. The number of benzene rings is 1. The zero-order valence-electron chi connectivity index (χ0n) is 11.9. The predicted molar refractivity (Wildman–Crippen MR) is 82.1 cm³/mol. The molecule has 1 heterocycles. The minimum absolute atomic E-state index is 0.123. The molecule has 112 valence electrons. The first-order valence-corrected chi connectivity index (χ1v) is 7.40. The van der Waals surface area contributed by atoms with Crippen molar-refractivity contribution < 1.29 is 9.90 Å². The predicted octanol–water partition coefficient (Wildman–Crippen LogP) is 1.71. The maximum atomic E-state index is 12.1. The fourth-order valence-electron chi connectivity index (χ4n) is 1.84. The van der Waals surface area contributed by atoms with Crippen LogP contribution in [0.15, 0.2) is 24.3 Å². The number of aliphatic hydroxyl groups is 1. The van der Waals surface area contributed by atoms with Gasteiger partial charge in [-0.05, 0) is 35.1 Å². The van der Waals surface area contributed by atoms with E-state index in [9.17, 15) is 9.90 Å². The molecule has 0 bridgehead atoms. The lowest BCUT2D eigenvalue weighted by molar-refractivity contribution is 0.0919.